The van der Waals surface area contributed by atoms with E-state index in [1.54, 1.807) is 19.3 Å². The van der Waals surface area contributed by atoms with E-state index in [4.69, 9.17) is 4.52 Å². The number of carbonyl (C=O) groups excluding carboxylic acids is 2. The highest BCUT2D eigenvalue weighted by Gasteiger charge is 2.27. The van der Waals surface area contributed by atoms with Crippen LogP contribution >= 0.6 is 0 Å². The minimum atomic E-state index is -3.75. The van der Waals surface area contributed by atoms with Crippen molar-refractivity contribution in [2.24, 2.45) is 0 Å². The van der Waals surface area contributed by atoms with Crippen molar-refractivity contribution in [2.45, 2.75) is 64.6 Å². The Hall–Kier alpha value is -3.56. The number of rotatable bonds is 14. The second kappa shape index (κ2) is 14.9. The molecule has 1 aliphatic rings. The van der Waals surface area contributed by atoms with Gasteiger partial charge in [-0.3, -0.25) is 19.8 Å². The average molecular weight is 594 g/mol. The molecule has 2 aromatic rings. The molecule has 1 atom stereocenters. The predicted octanol–water partition coefficient (Wildman–Crippen LogP) is 1.34. The minimum Gasteiger partial charge on any atom is -0.480 e. The molecular weight excluding hydrogens is 554 g/mol. The molecule has 1 saturated heterocycles. The van der Waals surface area contributed by atoms with E-state index in [2.05, 4.69) is 25.5 Å². The van der Waals surface area contributed by atoms with Gasteiger partial charge in [-0.15, -0.1) is 0 Å². The molecule has 14 nitrogen and oxygen atoms in total. The number of aromatic nitrogens is 2. The lowest BCUT2D eigenvalue weighted by Gasteiger charge is -2.32. The number of carbonyl (C=O) groups is 3. The third-order valence-electron chi connectivity index (χ3n) is 6.75. The van der Waals surface area contributed by atoms with Gasteiger partial charge in [0.1, 0.15) is 23.3 Å². The number of amides is 3. The molecular formula is C26H39N7O7S. The molecule has 3 heterocycles. The van der Waals surface area contributed by atoms with E-state index in [1.807, 2.05) is 24.8 Å². The number of likely N-dealkylation sites (N-methyl/N-ethyl adjacent to an activating group) is 1. The first kappa shape index (κ1) is 32.0. The largest absolute Gasteiger partial charge is 0.480 e. The predicted molar refractivity (Wildman–Crippen MR) is 151 cm³/mol. The van der Waals surface area contributed by atoms with Crippen molar-refractivity contribution in [3.8, 4) is 0 Å². The van der Waals surface area contributed by atoms with E-state index in [-0.39, 0.29) is 49.0 Å². The smallest absolute Gasteiger partial charge is 0.322 e. The first-order valence-corrected chi connectivity index (χ1v) is 15.2. The molecule has 3 rings (SSSR count). The minimum absolute atomic E-state index is 0.0117. The molecule has 1 aliphatic heterocycles. The van der Waals surface area contributed by atoms with Gasteiger partial charge in [-0.05, 0) is 37.8 Å². The zero-order valence-corrected chi connectivity index (χ0v) is 24.4. The summed E-state index contributed by atoms with van der Waals surface area (Å²) in [5, 5.41) is 19.1. The number of pyridine rings is 1. The van der Waals surface area contributed by atoms with E-state index in [9.17, 15) is 27.9 Å². The van der Waals surface area contributed by atoms with Gasteiger partial charge < -0.3 is 19.8 Å². The van der Waals surface area contributed by atoms with Crippen LogP contribution in [0.15, 0.2) is 28.9 Å². The molecule has 1 unspecified atom stereocenters. The fourth-order valence-electron chi connectivity index (χ4n) is 4.34. The van der Waals surface area contributed by atoms with Crippen molar-refractivity contribution < 1.29 is 32.4 Å². The summed E-state index contributed by atoms with van der Waals surface area (Å²) in [6, 6.07) is 3.48. The maximum atomic E-state index is 12.8. The van der Waals surface area contributed by atoms with Crippen LogP contribution in [0.5, 0.6) is 0 Å². The van der Waals surface area contributed by atoms with Crippen molar-refractivity contribution in [2.75, 3.05) is 37.8 Å². The van der Waals surface area contributed by atoms with Crippen LogP contribution in [-0.4, -0.2) is 95.9 Å². The van der Waals surface area contributed by atoms with Gasteiger partial charge in [0.15, 0.2) is 0 Å². The molecule has 0 aromatic carbocycles. The summed E-state index contributed by atoms with van der Waals surface area (Å²) in [4.78, 5) is 44.4. The molecule has 0 spiro atoms. The lowest BCUT2D eigenvalue weighted by atomic mass is 10.1. The Morgan fingerprint density at radius 1 is 1.27 bits per heavy atom. The highest BCUT2D eigenvalue weighted by molar-refractivity contribution is 7.89. The number of carboxylic acid groups (broad SMARTS) is 1. The lowest BCUT2D eigenvalue weighted by molar-refractivity contribution is -0.139. The summed E-state index contributed by atoms with van der Waals surface area (Å²) in [6.07, 6.45) is 3.89. The summed E-state index contributed by atoms with van der Waals surface area (Å²) in [5.74, 6) is -0.890. The molecule has 15 heteroatoms. The maximum absolute atomic E-state index is 12.8. The summed E-state index contributed by atoms with van der Waals surface area (Å²) in [5.41, 5.74) is 1.29. The molecule has 0 bridgehead atoms. The topological polar surface area (TPSA) is 187 Å². The Kier molecular flexibility index (Phi) is 11.6. The van der Waals surface area contributed by atoms with E-state index >= 15 is 0 Å². The number of anilines is 1. The van der Waals surface area contributed by atoms with Crippen LogP contribution in [0.4, 0.5) is 10.6 Å². The third-order valence-corrected chi connectivity index (χ3v) is 8.22. The molecule has 2 aromatic heterocycles. The third kappa shape index (κ3) is 10.4. The highest BCUT2D eigenvalue weighted by atomic mass is 32.2. The second-order valence-corrected chi connectivity index (χ2v) is 12.1. The number of carboxylic acids is 1. The normalized spacial score (nSPS) is 15.3. The number of likely N-dealkylation sites (tertiary alicyclic amines) is 1. The summed E-state index contributed by atoms with van der Waals surface area (Å²) >= 11 is 0. The van der Waals surface area contributed by atoms with Gasteiger partial charge in [-0.1, -0.05) is 24.6 Å². The van der Waals surface area contributed by atoms with Crippen LogP contribution in [0.25, 0.3) is 0 Å². The molecule has 0 radical (unpaired) electrons. The Balaban J connectivity index is 1.42. The zero-order valence-electron chi connectivity index (χ0n) is 23.6. The quantitative estimate of drug-likeness (QED) is 0.249. The summed E-state index contributed by atoms with van der Waals surface area (Å²) in [6.45, 7) is 5.35. The average Bonchev–Trinajstić information content (AvgIpc) is 3.36. The van der Waals surface area contributed by atoms with Crippen LogP contribution in [0.1, 0.15) is 49.6 Å². The number of hydrogen-bond donors (Lipinski definition) is 4. The molecule has 226 valence electrons. The van der Waals surface area contributed by atoms with Gasteiger partial charge >= 0.3 is 12.0 Å². The standard InChI is InChI=1S/C26H39N7O7S/c1-4-5-13-41(38,39)31-22(25(35)36)15-21-14-20(30-40-21)16-32(3)23(34)17-33-11-8-19(9-12-33)28-26(37)29-24-18(2)7-6-10-27-24/h6-7,10,14,19,22,31H,4-5,8-9,11-13,15-17H2,1-3H3,(H,35,36)(H2,27,28,29,37). The molecule has 41 heavy (non-hydrogen) atoms. The SMILES string of the molecule is CCCCS(=O)(=O)NC(Cc1cc(CN(C)C(=O)CN2CCC(NC(=O)Nc3ncccc3C)CC2)no1)C(=O)O. The number of piperidine rings is 1. The fraction of sp³-hybridized carbons (Fsp3) is 0.577. The number of hydrogen-bond acceptors (Lipinski definition) is 9. The molecule has 1 fully saturated rings. The number of aryl methyl sites for hydroxylation is 1. The second-order valence-electron chi connectivity index (χ2n) is 10.2. The number of unbranched alkanes of at least 4 members (excludes halogenated alkanes) is 1. The van der Waals surface area contributed by atoms with Crippen LogP contribution in [-0.2, 0) is 32.6 Å². The summed E-state index contributed by atoms with van der Waals surface area (Å²) < 4.78 is 31.7. The van der Waals surface area contributed by atoms with Crippen LogP contribution in [0.2, 0.25) is 0 Å². The van der Waals surface area contributed by atoms with Gasteiger partial charge in [0.25, 0.3) is 0 Å². The Morgan fingerprint density at radius 3 is 2.66 bits per heavy atom. The first-order valence-electron chi connectivity index (χ1n) is 13.6. The van der Waals surface area contributed by atoms with E-state index in [0.717, 1.165) is 5.56 Å². The number of nitrogens with one attached hydrogen (secondary N) is 3. The van der Waals surface area contributed by atoms with Gasteiger partial charge in [0.05, 0.1) is 18.8 Å². The van der Waals surface area contributed by atoms with E-state index in [1.165, 1.54) is 11.0 Å². The molecule has 4 N–H and O–H groups in total. The van der Waals surface area contributed by atoms with E-state index in [0.29, 0.717) is 50.3 Å². The summed E-state index contributed by atoms with van der Waals surface area (Å²) in [7, 11) is -2.11. The van der Waals surface area contributed by atoms with Crippen molar-refractivity contribution >= 4 is 33.7 Å². The molecule has 3 amide bonds. The number of nitrogens with zero attached hydrogens (tertiary/aromatic N) is 4. The maximum Gasteiger partial charge on any atom is 0.322 e. The van der Waals surface area contributed by atoms with Gasteiger partial charge in [0, 0.05) is 44.9 Å². The molecule has 0 aliphatic carbocycles. The van der Waals surface area contributed by atoms with Crippen molar-refractivity contribution in [1.82, 2.24) is 30.0 Å². The number of urea groups is 1. The highest BCUT2D eigenvalue weighted by Crippen LogP contribution is 2.14. The van der Waals surface area contributed by atoms with Crippen molar-refractivity contribution in [3.63, 3.8) is 0 Å². The number of sulfonamides is 1. The van der Waals surface area contributed by atoms with Gasteiger partial charge in [0.2, 0.25) is 15.9 Å². The van der Waals surface area contributed by atoms with Crippen molar-refractivity contribution in [1.29, 1.82) is 0 Å². The number of aliphatic carboxylic acids is 1. The fourth-order valence-corrected chi connectivity index (χ4v) is 5.75. The van der Waals surface area contributed by atoms with E-state index < -0.39 is 22.0 Å². The van der Waals surface area contributed by atoms with Crippen molar-refractivity contribution in [3.05, 3.63) is 41.4 Å². The Labute approximate surface area is 239 Å². The first-order chi connectivity index (χ1) is 19.5. The van der Waals surface area contributed by atoms with Gasteiger partial charge in [-0.25, -0.2) is 22.9 Å². The van der Waals surface area contributed by atoms with Crippen LogP contribution in [0.3, 0.4) is 0 Å². The zero-order chi connectivity index (χ0) is 30.0. The van der Waals surface area contributed by atoms with Crippen LogP contribution in [0, 0.1) is 6.92 Å². The Morgan fingerprint density at radius 2 is 2.00 bits per heavy atom. The van der Waals surface area contributed by atoms with Crippen LogP contribution < -0.4 is 15.4 Å². The lowest BCUT2D eigenvalue weighted by Crippen LogP contribution is -2.48. The molecule has 0 saturated carbocycles. The monoisotopic (exact) mass is 593 g/mol. The Bertz CT molecular complexity index is 1290. The van der Waals surface area contributed by atoms with Gasteiger partial charge in [-0.2, -0.15) is 0 Å².